The normalized spacial score (nSPS) is 16.2. The highest BCUT2D eigenvalue weighted by molar-refractivity contribution is 14.1. The molecule has 1 heterocycles. The summed E-state index contributed by atoms with van der Waals surface area (Å²) in [6, 6.07) is 20.6. The quantitative estimate of drug-likeness (QED) is 0.420. The van der Waals surface area contributed by atoms with Crippen LogP contribution in [0, 0.1) is 3.57 Å². The summed E-state index contributed by atoms with van der Waals surface area (Å²) in [5.41, 5.74) is 3.01. The molecule has 3 aromatic carbocycles. The highest BCUT2D eigenvalue weighted by Gasteiger charge is 2.34. The molecule has 0 spiro atoms. The van der Waals surface area contributed by atoms with Crippen molar-refractivity contribution in [3.8, 4) is 0 Å². The van der Waals surface area contributed by atoms with Gasteiger partial charge in [-0.25, -0.2) is 0 Å². The Bertz CT molecular complexity index is 991. The zero-order valence-electron chi connectivity index (χ0n) is 13.4. The molecule has 0 saturated carbocycles. The molecule has 130 valence electrons. The van der Waals surface area contributed by atoms with Gasteiger partial charge in [0.05, 0.1) is 5.56 Å². The molecule has 0 fully saturated rings. The van der Waals surface area contributed by atoms with Gasteiger partial charge < -0.3 is 5.32 Å². The van der Waals surface area contributed by atoms with E-state index in [-0.39, 0.29) is 5.91 Å². The van der Waals surface area contributed by atoms with E-state index in [9.17, 15) is 4.79 Å². The number of hydrogen-bond donors (Lipinski definition) is 1. The molecule has 3 aromatic rings. The van der Waals surface area contributed by atoms with Crippen LogP contribution in [0.1, 0.15) is 22.1 Å². The van der Waals surface area contributed by atoms with Crippen LogP contribution in [-0.4, -0.2) is 5.91 Å². The van der Waals surface area contributed by atoms with E-state index in [1.807, 2.05) is 54.6 Å². The summed E-state index contributed by atoms with van der Waals surface area (Å²) in [7, 11) is 0. The highest BCUT2D eigenvalue weighted by atomic mass is 127. The maximum absolute atomic E-state index is 13.3. The Hall–Kier alpha value is -1.76. The SMILES string of the molecule is O=C1c2ccccc2N[C@H](c2ccc(Cl)cc2Cl)N1c1ccc(I)cc1. The number of halogens is 3. The lowest BCUT2D eigenvalue weighted by atomic mass is 10.0. The minimum atomic E-state index is -0.428. The van der Waals surface area contributed by atoms with Crippen LogP contribution < -0.4 is 10.2 Å². The summed E-state index contributed by atoms with van der Waals surface area (Å²) >= 11 is 14.7. The zero-order chi connectivity index (χ0) is 18.3. The number of para-hydroxylation sites is 1. The van der Waals surface area contributed by atoms with Crippen molar-refractivity contribution in [2.24, 2.45) is 0 Å². The predicted octanol–water partition coefficient (Wildman–Crippen LogP) is 6.37. The molecule has 4 rings (SSSR count). The Morgan fingerprint density at radius 2 is 1.69 bits per heavy atom. The lowest BCUT2D eigenvalue weighted by Gasteiger charge is -2.38. The van der Waals surface area contributed by atoms with Gasteiger partial charge in [-0.15, -0.1) is 0 Å². The van der Waals surface area contributed by atoms with Crippen LogP contribution in [0.2, 0.25) is 10.0 Å². The van der Waals surface area contributed by atoms with Gasteiger partial charge in [0.15, 0.2) is 0 Å². The first-order chi connectivity index (χ1) is 12.5. The van der Waals surface area contributed by atoms with Gasteiger partial charge >= 0.3 is 0 Å². The smallest absolute Gasteiger partial charge is 0.262 e. The minimum absolute atomic E-state index is 0.0726. The van der Waals surface area contributed by atoms with Crippen molar-refractivity contribution in [2.75, 3.05) is 10.2 Å². The van der Waals surface area contributed by atoms with Gasteiger partial charge in [0.2, 0.25) is 0 Å². The van der Waals surface area contributed by atoms with Gasteiger partial charge in [-0.3, -0.25) is 9.69 Å². The van der Waals surface area contributed by atoms with Crippen molar-refractivity contribution in [2.45, 2.75) is 6.17 Å². The first-order valence-corrected chi connectivity index (χ1v) is 9.78. The lowest BCUT2D eigenvalue weighted by molar-refractivity contribution is 0.0975. The predicted molar refractivity (Wildman–Crippen MR) is 115 cm³/mol. The fourth-order valence-corrected chi connectivity index (χ4v) is 3.93. The molecule has 0 unspecified atom stereocenters. The number of amides is 1. The first-order valence-electron chi connectivity index (χ1n) is 7.94. The fourth-order valence-electron chi connectivity index (χ4n) is 3.06. The molecule has 26 heavy (non-hydrogen) atoms. The van der Waals surface area contributed by atoms with Crippen molar-refractivity contribution < 1.29 is 4.79 Å². The van der Waals surface area contributed by atoms with E-state index in [4.69, 9.17) is 23.2 Å². The van der Waals surface area contributed by atoms with Gasteiger partial charge in [0.25, 0.3) is 5.91 Å². The van der Waals surface area contributed by atoms with Crippen LogP contribution in [0.15, 0.2) is 66.7 Å². The number of nitrogens with one attached hydrogen (secondary N) is 1. The number of carbonyl (C=O) groups is 1. The van der Waals surface area contributed by atoms with E-state index in [0.717, 1.165) is 20.5 Å². The molecule has 1 aliphatic rings. The van der Waals surface area contributed by atoms with E-state index in [1.165, 1.54) is 0 Å². The topological polar surface area (TPSA) is 32.3 Å². The van der Waals surface area contributed by atoms with Crippen molar-refractivity contribution in [3.63, 3.8) is 0 Å². The van der Waals surface area contributed by atoms with Crippen LogP contribution in [0.4, 0.5) is 11.4 Å². The zero-order valence-corrected chi connectivity index (χ0v) is 17.1. The summed E-state index contributed by atoms with van der Waals surface area (Å²) in [5, 5.41) is 4.51. The van der Waals surface area contributed by atoms with Gasteiger partial charge in [-0.1, -0.05) is 41.4 Å². The molecule has 1 atom stereocenters. The Kier molecular flexibility index (Phi) is 4.82. The van der Waals surface area contributed by atoms with E-state index in [1.54, 1.807) is 17.0 Å². The number of nitrogens with zero attached hydrogens (tertiary/aromatic N) is 1. The molecule has 1 amide bonds. The van der Waals surface area contributed by atoms with Crippen LogP contribution in [-0.2, 0) is 0 Å². The molecule has 0 bridgehead atoms. The number of hydrogen-bond acceptors (Lipinski definition) is 2. The summed E-state index contributed by atoms with van der Waals surface area (Å²) < 4.78 is 1.10. The lowest BCUT2D eigenvalue weighted by Crippen LogP contribution is -2.43. The largest absolute Gasteiger partial charge is 0.360 e. The maximum Gasteiger partial charge on any atom is 0.262 e. The third-order valence-electron chi connectivity index (χ3n) is 4.29. The van der Waals surface area contributed by atoms with Crippen LogP contribution in [0.25, 0.3) is 0 Å². The molecule has 0 aromatic heterocycles. The monoisotopic (exact) mass is 494 g/mol. The van der Waals surface area contributed by atoms with Crippen LogP contribution in [0.3, 0.4) is 0 Å². The molecular weight excluding hydrogens is 482 g/mol. The third-order valence-corrected chi connectivity index (χ3v) is 5.57. The van der Waals surface area contributed by atoms with Gasteiger partial charge in [-0.2, -0.15) is 0 Å². The second-order valence-electron chi connectivity index (χ2n) is 5.91. The van der Waals surface area contributed by atoms with Crippen molar-refractivity contribution >= 4 is 63.1 Å². The second kappa shape index (κ2) is 7.10. The molecular formula is C20H13Cl2IN2O. The van der Waals surface area contributed by atoms with Crippen molar-refractivity contribution in [3.05, 3.63) is 91.5 Å². The minimum Gasteiger partial charge on any atom is -0.360 e. The average Bonchev–Trinajstić information content (AvgIpc) is 2.63. The van der Waals surface area contributed by atoms with E-state index >= 15 is 0 Å². The van der Waals surface area contributed by atoms with E-state index in [0.29, 0.717) is 15.6 Å². The third kappa shape index (κ3) is 3.17. The van der Waals surface area contributed by atoms with Crippen molar-refractivity contribution in [1.29, 1.82) is 0 Å². The Balaban J connectivity index is 1.88. The van der Waals surface area contributed by atoms with Gasteiger partial charge in [0, 0.05) is 30.6 Å². The van der Waals surface area contributed by atoms with E-state index in [2.05, 4.69) is 27.9 Å². The fraction of sp³-hybridized carbons (Fsp3) is 0.0500. The van der Waals surface area contributed by atoms with Gasteiger partial charge in [0.1, 0.15) is 6.17 Å². The van der Waals surface area contributed by atoms with Gasteiger partial charge in [-0.05, 0) is 71.1 Å². The Labute approximate surface area is 175 Å². The van der Waals surface area contributed by atoms with Crippen LogP contribution in [0.5, 0.6) is 0 Å². The summed E-state index contributed by atoms with van der Waals surface area (Å²) in [6.45, 7) is 0. The molecule has 0 radical (unpaired) electrons. The number of carbonyl (C=O) groups excluding carboxylic acids is 1. The number of anilines is 2. The number of rotatable bonds is 2. The summed E-state index contributed by atoms with van der Waals surface area (Å²) in [6.07, 6.45) is -0.428. The summed E-state index contributed by atoms with van der Waals surface area (Å²) in [5.74, 6) is -0.0726. The van der Waals surface area contributed by atoms with Crippen LogP contribution >= 0.6 is 45.8 Å². The summed E-state index contributed by atoms with van der Waals surface area (Å²) in [4.78, 5) is 15.0. The molecule has 1 aliphatic heterocycles. The molecule has 6 heteroatoms. The number of benzene rings is 3. The van der Waals surface area contributed by atoms with Crippen molar-refractivity contribution in [1.82, 2.24) is 0 Å². The molecule has 0 saturated heterocycles. The standard InChI is InChI=1S/C20H13Cl2IN2O/c21-12-5-10-15(17(22)11-12)19-24-18-4-2-1-3-16(18)20(26)25(19)14-8-6-13(23)7-9-14/h1-11,19,24H/t19-/m0/s1. The molecule has 1 N–H and O–H groups in total. The van der Waals surface area contributed by atoms with E-state index < -0.39 is 6.17 Å². The Morgan fingerprint density at radius 1 is 0.962 bits per heavy atom. The second-order valence-corrected chi connectivity index (χ2v) is 8.00. The molecule has 0 aliphatic carbocycles. The number of fused-ring (bicyclic) bond motifs is 1. The first kappa shape index (κ1) is 17.6. The Morgan fingerprint density at radius 3 is 2.42 bits per heavy atom. The molecule has 3 nitrogen and oxygen atoms in total. The highest BCUT2D eigenvalue weighted by Crippen LogP contribution is 2.39. The average molecular weight is 495 g/mol. The maximum atomic E-state index is 13.3.